The third-order valence-electron chi connectivity index (χ3n) is 3.94. The summed E-state index contributed by atoms with van der Waals surface area (Å²) in [6, 6.07) is 12.6. The molecule has 0 spiro atoms. The molecular formula is C21H23N3O6. The van der Waals surface area contributed by atoms with Crippen LogP contribution >= 0.6 is 0 Å². The van der Waals surface area contributed by atoms with Gasteiger partial charge in [0.1, 0.15) is 12.3 Å². The standard InChI is InChI=1S/C21H23N3O6/c1-3-29-17-7-5-4-6-16(17)21(28)23-12-18(25)30-13(2)20(27)24-15-10-8-14(9-11-15)19(22)26/h4-11,13H,3,12H2,1-2H3,(H2,22,26)(H,23,28)(H,24,27)/t13-/m1/s1. The van der Waals surface area contributed by atoms with Crippen LogP contribution in [0.2, 0.25) is 0 Å². The molecule has 30 heavy (non-hydrogen) atoms. The summed E-state index contributed by atoms with van der Waals surface area (Å²) in [5.74, 6) is -2.02. The third kappa shape index (κ3) is 6.33. The highest BCUT2D eigenvalue weighted by molar-refractivity contribution is 5.99. The van der Waals surface area contributed by atoms with Crippen molar-refractivity contribution in [1.82, 2.24) is 5.32 Å². The van der Waals surface area contributed by atoms with E-state index in [1.807, 2.05) is 0 Å². The van der Waals surface area contributed by atoms with E-state index in [1.54, 1.807) is 31.2 Å². The van der Waals surface area contributed by atoms with Crippen LogP contribution < -0.4 is 21.1 Å². The van der Waals surface area contributed by atoms with Crippen LogP contribution in [0.15, 0.2) is 48.5 Å². The lowest BCUT2D eigenvalue weighted by Gasteiger charge is -2.14. The monoisotopic (exact) mass is 413 g/mol. The molecule has 0 aliphatic carbocycles. The van der Waals surface area contributed by atoms with Crippen molar-refractivity contribution in [2.75, 3.05) is 18.5 Å². The fraction of sp³-hybridized carbons (Fsp3) is 0.238. The molecule has 9 nitrogen and oxygen atoms in total. The second-order valence-corrected chi connectivity index (χ2v) is 6.17. The smallest absolute Gasteiger partial charge is 0.326 e. The molecule has 0 bridgehead atoms. The van der Waals surface area contributed by atoms with E-state index >= 15 is 0 Å². The molecule has 0 aliphatic rings. The maximum atomic E-state index is 12.3. The molecule has 0 saturated heterocycles. The van der Waals surface area contributed by atoms with Crippen LogP contribution in [0.5, 0.6) is 5.75 Å². The van der Waals surface area contributed by atoms with Crippen LogP contribution in [0.4, 0.5) is 5.69 Å². The Bertz CT molecular complexity index is 927. The van der Waals surface area contributed by atoms with Gasteiger partial charge in [-0.1, -0.05) is 12.1 Å². The van der Waals surface area contributed by atoms with E-state index in [9.17, 15) is 19.2 Å². The minimum absolute atomic E-state index is 0.289. The lowest BCUT2D eigenvalue weighted by molar-refractivity contribution is -0.152. The summed E-state index contributed by atoms with van der Waals surface area (Å²) in [5, 5.41) is 4.99. The summed E-state index contributed by atoms with van der Waals surface area (Å²) >= 11 is 0. The first kappa shape index (κ1) is 22.4. The highest BCUT2D eigenvalue weighted by atomic mass is 16.5. The summed E-state index contributed by atoms with van der Waals surface area (Å²) in [4.78, 5) is 47.5. The Labute approximate surface area is 173 Å². The molecule has 3 amide bonds. The largest absolute Gasteiger partial charge is 0.493 e. The Morgan fingerprint density at radius 1 is 1.03 bits per heavy atom. The summed E-state index contributed by atoms with van der Waals surface area (Å²) in [6.07, 6.45) is -1.10. The van der Waals surface area contributed by atoms with Gasteiger partial charge in [-0.2, -0.15) is 0 Å². The first-order valence-electron chi connectivity index (χ1n) is 9.22. The number of rotatable bonds is 9. The van der Waals surface area contributed by atoms with Gasteiger partial charge in [-0.25, -0.2) is 0 Å². The molecule has 0 aliphatic heterocycles. The van der Waals surface area contributed by atoms with E-state index in [2.05, 4.69) is 10.6 Å². The molecule has 2 aromatic carbocycles. The number of nitrogens with one attached hydrogen (secondary N) is 2. The Kier molecular flexibility index (Phi) is 7.92. The number of carbonyl (C=O) groups is 4. The van der Waals surface area contributed by atoms with Gasteiger partial charge in [0, 0.05) is 11.3 Å². The SMILES string of the molecule is CCOc1ccccc1C(=O)NCC(=O)O[C@H](C)C(=O)Nc1ccc(C(N)=O)cc1. The van der Waals surface area contributed by atoms with Gasteiger partial charge >= 0.3 is 5.97 Å². The lowest BCUT2D eigenvalue weighted by atomic mass is 10.2. The predicted molar refractivity (Wildman–Crippen MR) is 109 cm³/mol. The zero-order valence-electron chi connectivity index (χ0n) is 16.6. The molecule has 4 N–H and O–H groups in total. The molecule has 0 saturated carbocycles. The molecule has 0 unspecified atom stereocenters. The molecular weight excluding hydrogens is 390 g/mol. The average molecular weight is 413 g/mol. The van der Waals surface area contributed by atoms with Crippen LogP contribution in [0.1, 0.15) is 34.6 Å². The fourth-order valence-corrected chi connectivity index (χ4v) is 2.44. The van der Waals surface area contributed by atoms with E-state index in [0.717, 1.165) is 0 Å². The number of para-hydroxylation sites is 1. The lowest BCUT2D eigenvalue weighted by Crippen LogP contribution is -2.36. The van der Waals surface area contributed by atoms with Crippen LogP contribution in [-0.4, -0.2) is 42.9 Å². The van der Waals surface area contributed by atoms with Gasteiger partial charge < -0.3 is 25.8 Å². The van der Waals surface area contributed by atoms with E-state index < -0.39 is 36.3 Å². The van der Waals surface area contributed by atoms with Crippen molar-refractivity contribution in [1.29, 1.82) is 0 Å². The minimum Gasteiger partial charge on any atom is -0.493 e. The second-order valence-electron chi connectivity index (χ2n) is 6.17. The van der Waals surface area contributed by atoms with E-state index in [1.165, 1.54) is 31.2 Å². The number of esters is 1. The van der Waals surface area contributed by atoms with E-state index in [-0.39, 0.29) is 5.56 Å². The second kappa shape index (κ2) is 10.6. The van der Waals surface area contributed by atoms with E-state index in [0.29, 0.717) is 23.6 Å². The summed E-state index contributed by atoms with van der Waals surface area (Å²) in [6.45, 7) is 3.18. The van der Waals surface area contributed by atoms with Crippen LogP contribution in [0.3, 0.4) is 0 Å². The Morgan fingerprint density at radius 3 is 2.33 bits per heavy atom. The normalized spacial score (nSPS) is 11.1. The maximum absolute atomic E-state index is 12.3. The maximum Gasteiger partial charge on any atom is 0.326 e. The van der Waals surface area contributed by atoms with Gasteiger partial charge in [-0.05, 0) is 50.2 Å². The molecule has 2 rings (SSSR count). The van der Waals surface area contributed by atoms with Crippen molar-refractivity contribution < 1.29 is 28.7 Å². The molecule has 9 heteroatoms. The van der Waals surface area contributed by atoms with Gasteiger partial charge in [0.15, 0.2) is 6.10 Å². The number of amides is 3. The van der Waals surface area contributed by atoms with Crippen molar-refractivity contribution in [2.45, 2.75) is 20.0 Å². The van der Waals surface area contributed by atoms with Crippen molar-refractivity contribution in [3.8, 4) is 5.75 Å². The van der Waals surface area contributed by atoms with Gasteiger partial charge in [0.05, 0.1) is 12.2 Å². The number of carbonyl (C=O) groups excluding carboxylic acids is 4. The summed E-state index contributed by atoms with van der Waals surface area (Å²) < 4.78 is 10.4. The highest BCUT2D eigenvalue weighted by Crippen LogP contribution is 2.17. The first-order valence-corrected chi connectivity index (χ1v) is 9.22. The van der Waals surface area contributed by atoms with E-state index in [4.69, 9.17) is 15.2 Å². The number of anilines is 1. The Hall–Kier alpha value is -3.88. The minimum atomic E-state index is -1.10. The molecule has 1 atom stereocenters. The zero-order chi connectivity index (χ0) is 22.1. The summed E-state index contributed by atoms with van der Waals surface area (Å²) in [5.41, 5.74) is 6.16. The first-order chi connectivity index (χ1) is 14.3. The van der Waals surface area contributed by atoms with Crippen LogP contribution in [0, 0.1) is 0 Å². The van der Waals surface area contributed by atoms with Crippen molar-refractivity contribution in [3.05, 3.63) is 59.7 Å². The van der Waals surface area contributed by atoms with Crippen LogP contribution in [0.25, 0.3) is 0 Å². The number of primary amides is 1. The highest BCUT2D eigenvalue weighted by Gasteiger charge is 2.19. The predicted octanol–water partition coefficient (Wildman–Crippen LogP) is 1.48. The molecule has 0 aromatic heterocycles. The molecule has 0 heterocycles. The Balaban J connectivity index is 1.84. The number of hydrogen-bond donors (Lipinski definition) is 3. The van der Waals surface area contributed by atoms with Crippen molar-refractivity contribution in [3.63, 3.8) is 0 Å². The van der Waals surface area contributed by atoms with Crippen molar-refractivity contribution in [2.24, 2.45) is 5.73 Å². The topological polar surface area (TPSA) is 137 Å². The van der Waals surface area contributed by atoms with Crippen LogP contribution in [-0.2, 0) is 14.3 Å². The summed E-state index contributed by atoms with van der Waals surface area (Å²) in [7, 11) is 0. The molecule has 158 valence electrons. The molecule has 2 aromatic rings. The third-order valence-corrected chi connectivity index (χ3v) is 3.94. The Morgan fingerprint density at radius 2 is 1.70 bits per heavy atom. The molecule has 0 radical (unpaired) electrons. The average Bonchev–Trinajstić information content (AvgIpc) is 2.73. The van der Waals surface area contributed by atoms with Crippen molar-refractivity contribution >= 4 is 29.4 Å². The molecule has 0 fully saturated rings. The van der Waals surface area contributed by atoms with Gasteiger partial charge in [-0.15, -0.1) is 0 Å². The number of nitrogens with two attached hydrogens (primary N) is 1. The number of benzene rings is 2. The van der Waals surface area contributed by atoms with Gasteiger partial charge in [0.25, 0.3) is 11.8 Å². The quantitative estimate of drug-likeness (QED) is 0.533. The zero-order valence-corrected chi connectivity index (χ0v) is 16.6. The number of ether oxygens (including phenoxy) is 2. The van der Waals surface area contributed by atoms with Gasteiger partial charge in [0.2, 0.25) is 5.91 Å². The number of hydrogen-bond acceptors (Lipinski definition) is 6. The fourth-order valence-electron chi connectivity index (χ4n) is 2.44. The van der Waals surface area contributed by atoms with Gasteiger partial charge in [-0.3, -0.25) is 19.2 Å².